The number of hydrogen-bond donors (Lipinski definition) is 1. The summed E-state index contributed by atoms with van der Waals surface area (Å²) in [6.07, 6.45) is 2.74. The van der Waals surface area contributed by atoms with E-state index in [9.17, 15) is 0 Å². The van der Waals surface area contributed by atoms with Crippen LogP contribution in [-0.4, -0.2) is 45.2 Å². The lowest BCUT2D eigenvalue weighted by Gasteiger charge is -2.27. The van der Waals surface area contributed by atoms with Crippen molar-refractivity contribution in [1.82, 2.24) is 10.2 Å². The maximum Gasteiger partial charge on any atom is 0.0412 e. The number of para-hydroxylation sites is 1. The van der Waals surface area contributed by atoms with Gasteiger partial charge in [0.1, 0.15) is 0 Å². The summed E-state index contributed by atoms with van der Waals surface area (Å²) in [5.74, 6) is 0. The Hall–Kier alpha value is -1.06. The minimum atomic E-state index is 0.394. The molecule has 2 rings (SSSR count). The molecule has 1 aliphatic heterocycles. The molecule has 106 valence electrons. The number of nitrogens with one attached hydrogen (secondary N) is 1. The normalized spacial score (nSPS) is 17.6. The van der Waals surface area contributed by atoms with Gasteiger partial charge in [0.2, 0.25) is 0 Å². The number of hydrogen-bond acceptors (Lipinski definition) is 3. The molecule has 1 N–H and O–H groups in total. The van der Waals surface area contributed by atoms with E-state index in [0.717, 1.165) is 6.54 Å². The molecule has 0 saturated carbocycles. The fourth-order valence-electron chi connectivity index (χ4n) is 2.77. The maximum atomic E-state index is 3.34. The summed E-state index contributed by atoms with van der Waals surface area (Å²) in [6.45, 7) is 7.06. The van der Waals surface area contributed by atoms with Gasteiger partial charge in [-0.25, -0.2) is 0 Å². The summed E-state index contributed by atoms with van der Waals surface area (Å²) in [7, 11) is 4.23. The molecular weight excluding hydrogens is 234 g/mol. The summed E-state index contributed by atoms with van der Waals surface area (Å²) in [5, 5.41) is 3.34. The van der Waals surface area contributed by atoms with Crippen molar-refractivity contribution in [3.63, 3.8) is 0 Å². The molecule has 1 aromatic rings. The van der Waals surface area contributed by atoms with Crippen molar-refractivity contribution in [2.45, 2.75) is 25.8 Å². The van der Waals surface area contributed by atoms with Crippen LogP contribution < -0.4 is 10.2 Å². The molecule has 0 radical (unpaired) electrons. The minimum Gasteiger partial charge on any atom is -0.373 e. The molecular formula is C16H27N3. The van der Waals surface area contributed by atoms with Crippen molar-refractivity contribution < 1.29 is 0 Å². The molecule has 1 saturated heterocycles. The zero-order chi connectivity index (χ0) is 13.7. The van der Waals surface area contributed by atoms with Gasteiger partial charge in [0.15, 0.2) is 0 Å². The van der Waals surface area contributed by atoms with E-state index in [4.69, 9.17) is 0 Å². The Kier molecular flexibility index (Phi) is 5.23. The van der Waals surface area contributed by atoms with Gasteiger partial charge in [-0.15, -0.1) is 0 Å². The molecule has 1 atom stereocenters. The van der Waals surface area contributed by atoms with E-state index >= 15 is 0 Å². The van der Waals surface area contributed by atoms with Gasteiger partial charge in [0.05, 0.1) is 0 Å². The lowest BCUT2D eigenvalue weighted by Crippen LogP contribution is -2.32. The highest BCUT2D eigenvalue weighted by Gasteiger charge is 2.14. The van der Waals surface area contributed by atoms with Gasteiger partial charge >= 0.3 is 0 Å². The molecule has 1 heterocycles. The van der Waals surface area contributed by atoms with Crippen molar-refractivity contribution in [1.29, 1.82) is 0 Å². The fraction of sp³-hybridized carbons (Fsp3) is 0.625. The monoisotopic (exact) mass is 261 g/mol. The zero-order valence-corrected chi connectivity index (χ0v) is 12.5. The molecule has 3 nitrogen and oxygen atoms in total. The van der Waals surface area contributed by atoms with E-state index in [2.05, 4.69) is 53.4 Å². The number of benzene rings is 1. The lowest BCUT2D eigenvalue weighted by molar-refractivity contribution is 0.346. The lowest BCUT2D eigenvalue weighted by atomic mass is 10.1. The first-order valence-electron chi connectivity index (χ1n) is 7.42. The largest absolute Gasteiger partial charge is 0.373 e. The Labute approximate surface area is 117 Å². The van der Waals surface area contributed by atoms with Crippen molar-refractivity contribution in [3.05, 3.63) is 29.8 Å². The summed E-state index contributed by atoms with van der Waals surface area (Å²) in [5.41, 5.74) is 2.73. The van der Waals surface area contributed by atoms with E-state index < -0.39 is 0 Å². The van der Waals surface area contributed by atoms with E-state index in [-0.39, 0.29) is 0 Å². The van der Waals surface area contributed by atoms with Gasteiger partial charge in [-0.2, -0.15) is 0 Å². The summed E-state index contributed by atoms with van der Waals surface area (Å²) >= 11 is 0. The summed E-state index contributed by atoms with van der Waals surface area (Å²) in [6, 6.07) is 9.11. The molecule has 0 aromatic heterocycles. The van der Waals surface area contributed by atoms with Gasteiger partial charge < -0.3 is 15.1 Å². The van der Waals surface area contributed by atoms with Gasteiger partial charge in [0, 0.05) is 31.9 Å². The quantitative estimate of drug-likeness (QED) is 0.849. The standard InChI is InChI=1S/C16H27N3/c1-14(17-2)15-8-4-5-9-16(15)18(3)12-13-19-10-6-7-11-19/h4-5,8-9,14,17H,6-7,10-13H2,1-3H3. The predicted octanol–water partition coefficient (Wildman–Crippen LogP) is 2.50. The van der Waals surface area contributed by atoms with E-state index in [1.807, 2.05) is 7.05 Å². The van der Waals surface area contributed by atoms with Gasteiger partial charge in [0.25, 0.3) is 0 Å². The third kappa shape index (κ3) is 3.71. The molecule has 1 fully saturated rings. The second kappa shape index (κ2) is 6.92. The van der Waals surface area contributed by atoms with E-state index in [0.29, 0.717) is 6.04 Å². The first-order valence-corrected chi connectivity index (χ1v) is 7.42. The molecule has 19 heavy (non-hydrogen) atoms. The van der Waals surface area contributed by atoms with Crippen molar-refractivity contribution in [2.75, 3.05) is 45.2 Å². The second-order valence-corrected chi connectivity index (χ2v) is 5.54. The maximum absolute atomic E-state index is 3.34. The topological polar surface area (TPSA) is 18.5 Å². The molecule has 0 amide bonds. The molecule has 0 aliphatic carbocycles. The first-order chi connectivity index (χ1) is 9.22. The van der Waals surface area contributed by atoms with E-state index in [1.165, 1.54) is 43.7 Å². The highest BCUT2D eigenvalue weighted by Crippen LogP contribution is 2.25. The van der Waals surface area contributed by atoms with Crippen molar-refractivity contribution in [2.24, 2.45) is 0 Å². The average molecular weight is 261 g/mol. The second-order valence-electron chi connectivity index (χ2n) is 5.54. The Morgan fingerprint density at radius 1 is 1.26 bits per heavy atom. The fourth-order valence-corrected chi connectivity index (χ4v) is 2.77. The van der Waals surface area contributed by atoms with Gasteiger partial charge in [-0.05, 0) is 51.5 Å². The van der Waals surface area contributed by atoms with Gasteiger partial charge in [-0.1, -0.05) is 18.2 Å². The molecule has 1 aliphatic rings. The summed E-state index contributed by atoms with van der Waals surface area (Å²) in [4.78, 5) is 4.96. The van der Waals surface area contributed by atoms with Gasteiger partial charge in [-0.3, -0.25) is 0 Å². The summed E-state index contributed by atoms with van der Waals surface area (Å²) < 4.78 is 0. The third-order valence-electron chi connectivity index (χ3n) is 4.20. The molecule has 1 unspecified atom stereocenters. The Morgan fingerprint density at radius 2 is 1.95 bits per heavy atom. The number of nitrogens with zero attached hydrogens (tertiary/aromatic N) is 2. The zero-order valence-electron chi connectivity index (χ0n) is 12.5. The Morgan fingerprint density at radius 3 is 2.63 bits per heavy atom. The van der Waals surface area contributed by atoms with Crippen LogP contribution in [0.2, 0.25) is 0 Å². The van der Waals surface area contributed by atoms with Crippen LogP contribution in [0.5, 0.6) is 0 Å². The molecule has 1 aromatic carbocycles. The van der Waals surface area contributed by atoms with Crippen molar-refractivity contribution in [3.8, 4) is 0 Å². The molecule has 0 spiro atoms. The van der Waals surface area contributed by atoms with Crippen LogP contribution in [0.3, 0.4) is 0 Å². The average Bonchev–Trinajstić information content (AvgIpc) is 2.97. The van der Waals surface area contributed by atoms with E-state index in [1.54, 1.807) is 0 Å². The van der Waals surface area contributed by atoms with Crippen molar-refractivity contribution >= 4 is 5.69 Å². The van der Waals surface area contributed by atoms with Crippen LogP contribution in [0.15, 0.2) is 24.3 Å². The Bertz CT molecular complexity index is 385. The van der Waals surface area contributed by atoms with Crippen LogP contribution >= 0.6 is 0 Å². The molecule has 3 heteroatoms. The number of likely N-dealkylation sites (tertiary alicyclic amines) is 1. The van der Waals surface area contributed by atoms with Crippen LogP contribution in [0.25, 0.3) is 0 Å². The van der Waals surface area contributed by atoms with Crippen LogP contribution in [0.4, 0.5) is 5.69 Å². The van der Waals surface area contributed by atoms with Crippen LogP contribution in [0.1, 0.15) is 31.4 Å². The number of rotatable bonds is 6. The highest BCUT2D eigenvalue weighted by atomic mass is 15.2. The smallest absolute Gasteiger partial charge is 0.0412 e. The van der Waals surface area contributed by atoms with Crippen LogP contribution in [0, 0.1) is 0 Å². The Balaban J connectivity index is 1.99. The van der Waals surface area contributed by atoms with Crippen LogP contribution in [-0.2, 0) is 0 Å². The third-order valence-corrected chi connectivity index (χ3v) is 4.20. The number of likely N-dealkylation sites (N-methyl/N-ethyl adjacent to an activating group) is 1. The SMILES string of the molecule is CNC(C)c1ccccc1N(C)CCN1CCCC1. The highest BCUT2D eigenvalue weighted by molar-refractivity contribution is 5.54. The molecule has 0 bridgehead atoms. The predicted molar refractivity (Wildman–Crippen MR) is 82.9 cm³/mol. The first kappa shape index (κ1) is 14.4. The number of anilines is 1. The minimum absolute atomic E-state index is 0.394.